The molecule has 0 bridgehead atoms. The lowest BCUT2D eigenvalue weighted by Gasteiger charge is -2.31. The smallest absolute Gasteiger partial charge is 0.0725 e. The van der Waals surface area contributed by atoms with E-state index in [2.05, 4.69) is 170 Å². The predicted octanol–water partition coefficient (Wildman–Crippen LogP) is 13.5. The summed E-state index contributed by atoms with van der Waals surface area (Å²) in [4.78, 5) is 0. The van der Waals surface area contributed by atoms with Crippen LogP contribution in [0.25, 0.3) is 85.9 Å². The van der Waals surface area contributed by atoms with E-state index in [0.717, 1.165) is 0 Å². The van der Waals surface area contributed by atoms with E-state index >= 15 is 0 Å². The van der Waals surface area contributed by atoms with Gasteiger partial charge < -0.3 is 0 Å². The molecule has 1 unspecified atom stereocenters. The summed E-state index contributed by atoms with van der Waals surface area (Å²) in [6.07, 6.45) is 0. The molecule has 10 aromatic rings. The van der Waals surface area contributed by atoms with Crippen molar-refractivity contribution in [2.24, 2.45) is 0 Å². The predicted molar refractivity (Wildman–Crippen MR) is 214 cm³/mol. The number of thiophene rings is 1. The van der Waals surface area contributed by atoms with Gasteiger partial charge in [-0.05, 0) is 124 Å². The zero-order valence-electron chi connectivity index (χ0n) is 27.1. The van der Waals surface area contributed by atoms with Crippen molar-refractivity contribution in [3.8, 4) is 33.4 Å². The van der Waals surface area contributed by atoms with Crippen molar-refractivity contribution in [2.75, 3.05) is 0 Å². The first-order chi connectivity index (χ1) is 24.8. The highest BCUT2D eigenvalue weighted by Gasteiger charge is 2.51. The third kappa shape index (κ3) is 3.26. The fourth-order valence-corrected chi connectivity index (χ4v) is 10.7. The molecule has 0 nitrogen and oxygen atoms in total. The Hall–Kier alpha value is -6.02. The Balaban J connectivity index is 1.20. The van der Waals surface area contributed by atoms with Crippen LogP contribution in [0.1, 0.15) is 22.3 Å². The summed E-state index contributed by atoms with van der Waals surface area (Å²) in [5.74, 6) is 0. The molecule has 2 aliphatic rings. The maximum absolute atomic E-state index is 2.56. The quantitative estimate of drug-likeness (QED) is 0.155. The molecule has 0 saturated carbocycles. The van der Waals surface area contributed by atoms with Gasteiger partial charge in [0.25, 0.3) is 0 Å². The van der Waals surface area contributed by atoms with Crippen LogP contribution in [0.4, 0.5) is 0 Å². The zero-order chi connectivity index (χ0) is 32.6. The maximum Gasteiger partial charge on any atom is 0.0725 e. The fraction of sp³-hybridized carbons (Fsp3) is 0.0204. The van der Waals surface area contributed by atoms with Crippen LogP contribution in [0.3, 0.4) is 0 Å². The van der Waals surface area contributed by atoms with Gasteiger partial charge in [0.1, 0.15) is 0 Å². The lowest BCUT2D eigenvalue weighted by atomic mass is 9.70. The standard InChI is InChI=1S/C49H28S/c1-3-13-33-31(11-1)32-12-2-4-14-34(32)40-28-46-41(27-39(33)40)36-16-6-9-19-44(36)49(46)43-18-8-5-15-35(43)37-23-21-30(26-45(37)49)29-22-24-48-42(25-29)38-17-7-10-20-47(38)50-48/h1-28H. The summed E-state index contributed by atoms with van der Waals surface area (Å²) in [6.45, 7) is 0. The molecule has 1 heterocycles. The molecule has 1 aromatic heterocycles. The van der Waals surface area contributed by atoms with Crippen LogP contribution < -0.4 is 0 Å². The molecule has 50 heavy (non-hydrogen) atoms. The van der Waals surface area contributed by atoms with Crippen molar-refractivity contribution in [1.29, 1.82) is 0 Å². The summed E-state index contributed by atoms with van der Waals surface area (Å²) in [5.41, 5.74) is 13.0. The van der Waals surface area contributed by atoms with Gasteiger partial charge >= 0.3 is 0 Å². The van der Waals surface area contributed by atoms with Gasteiger partial charge in [-0.2, -0.15) is 0 Å². The van der Waals surface area contributed by atoms with Gasteiger partial charge in [-0.15, -0.1) is 11.3 Å². The van der Waals surface area contributed by atoms with E-state index < -0.39 is 5.41 Å². The summed E-state index contributed by atoms with van der Waals surface area (Å²) in [5, 5.41) is 10.6. The van der Waals surface area contributed by atoms with Crippen LogP contribution in [0.15, 0.2) is 170 Å². The second-order valence-electron chi connectivity index (χ2n) is 13.9. The molecular weight excluding hydrogens is 621 g/mol. The van der Waals surface area contributed by atoms with Gasteiger partial charge in [0.05, 0.1) is 5.41 Å². The van der Waals surface area contributed by atoms with Gasteiger partial charge in [0.2, 0.25) is 0 Å². The number of fused-ring (bicyclic) bond motifs is 19. The monoisotopic (exact) mass is 648 g/mol. The van der Waals surface area contributed by atoms with Gasteiger partial charge in [-0.1, -0.05) is 133 Å². The number of benzene rings is 9. The van der Waals surface area contributed by atoms with E-state index in [-0.39, 0.29) is 0 Å². The van der Waals surface area contributed by atoms with Crippen LogP contribution in [0.2, 0.25) is 0 Å². The van der Waals surface area contributed by atoms with E-state index in [1.807, 2.05) is 11.3 Å². The Morgan fingerprint density at radius 2 is 0.760 bits per heavy atom. The van der Waals surface area contributed by atoms with Gasteiger partial charge in [-0.3, -0.25) is 0 Å². The second-order valence-corrected chi connectivity index (χ2v) is 15.0. The molecule has 1 atom stereocenters. The SMILES string of the molecule is c1ccc2c(c1)-c1ccc(-c3ccc4sc5ccccc5c4c3)cc1C21c2ccccc2-c2cc3c4ccccc4c4ccccc4c3cc21. The van der Waals surface area contributed by atoms with Crippen LogP contribution in [0, 0.1) is 0 Å². The second kappa shape index (κ2) is 9.57. The topological polar surface area (TPSA) is 0 Å². The molecule has 0 fully saturated rings. The lowest BCUT2D eigenvalue weighted by molar-refractivity contribution is 0.795. The Bertz CT molecular complexity index is 3100. The Morgan fingerprint density at radius 3 is 1.48 bits per heavy atom. The molecule has 0 aliphatic heterocycles. The van der Waals surface area contributed by atoms with Gasteiger partial charge in [-0.25, -0.2) is 0 Å². The van der Waals surface area contributed by atoms with E-state index in [1.165, 1.54) is 108 Å². The molecule has 230 valence electrons. The first-order valence-electron chi connectivity index (χ1n) is 17.4. The summed E-state index contributed by atoms with van der Waals surface area (Å²) in [7, 11) is 0. The molecular formula is C49H28S. The van der Waals surface area contributed by atoms with Gasteiger partial charge in [0, 0.05) is 20.2 Å². The lowest BCUT2D eigenvalue weighted by Crippen LogP contribution is -2.25. The largest absolute Gasteiger partial charge is 0.135 e. The Labute approximate surface area is 293 Å². The van der Waals surface area contributed by atoms with Crippen LogP contribution >= 0.6 is 11.3 Å². The van der Waals surface area contributed by atoms with Gasteiger partial charge in [0.15, 0.2) is 0 Å². The maximum atomic E-state index is 2.56. The molecule has 9 aromatic carbocycles. The van der Waals surface area contributed by atoms with Crippen molar-refractivity contribution >= 4 is 63.8 Å². The average molecular weight is 649 g/mol. The Morgan fingerprint density at radius 1 is 0.280 bits per heavy atom. The van der Waals surface area contributed by atoms with Crippen molar-refractivity contribution in [3.05, 3.63) is 192 Å². The van der Waals surface area contributed by atoms with E-state index in [4.69, 9.17) is 0 Å². The number of rotatable bonds is 1. The van der Waals surface area contributed by atoms with Crippen molar-refractivity contribution in [1.82, 2.24) is 0 Å². The molecule has 0 radical (unpaired) electrons. The highest BCUT2D eigenvalue weighted by molar-refractivity contribution is 7.25. The molecule has 1 spiro atoms. The van der Waals surface area contributed by atoms with E-state index in [0.29, 0.717) is 0 Å². The highest BCUT2D eigenvalue weighted by Crippen LogP contribution is 2.64. The minimum atomic E-state index is -0.423. The molecule has 0 amide bonds. The normalized spacial score (nSPS) is 15.7. The van der Waals surface area contributed by atoms with Crippen LogP contribution in [-0.4, -0.2) is 0 Å². The molecule has 0 N–H and O–H groups in total. The highest BCUT2D eigenvalue weighted by atomic mass is 32.1. The van der Waals surface area contributed by atoms with Crippen molar-refractivity contribution in [2.45, 2.75) is 5.41 Å². The first-order valence-corrected chi connectivity index (χ1v) is 18.2. The Kier molecular flexibility index (Phi) is 5.14. The van der Waals surface area contributed by atoms with Crippen LogP contribution in [0.5, 0.6) is 0 Å². The average Bonchev–Trinajstić information content (AvgIpc) is 3.80. The third-order valence-corrected chi connectivity index (χ3v) is 12.8. The third-order valence-electron chi connectivity index (χ3n) is 11.7. The summed E-state index contributed by atoms with van der Waals surface area (Å²) < 4.78 is 2.68. The summed E-state index contributed by atoms with van der Waals surface area (Å²) >= 11 is 1.88. The van der Waals surface area contributed by atoms with Crippen molar-refractivity contribution < 1.29 is 0 Å². The minimum absolute atomic E-state index is 0.423. The molecule has 12 rings (SSSR count). The first kappa shape index (κ1) is 26.9. The number of hydrogen-bond donors (Lipinski definition) is 0. The molecule has 2 aliphatic carbocycles. The number of hydrogen-bond acceptors (Lipinski definition) is 1. The van der Waals surface area contributed by atoms with E-state index in [9.17, 15) is 0 Å². The molecule has 1 heteroatoms. The molecule has 0 saturated heterocycles. The summed E-state index contributed by atoms with van der Waals surface area (Å²) in [6, 6.07) is 64.3. The zero-order valence-corrected chi connectivity index (χ0v) is 27.9. The van der Waals surface area contributed by atoms with E-state index in [1.54, 1.807) is 0 Å². The minimum Gasteiger partial charge on any atom is -0.135 e. The van der Waals surface area contributed by atoms with Crippen molar-refractivity contribution in [3.63, 3.8) is 0 Å². The fourth-order valence-electron chi connectivity index (χ4n) is 9.62. The van der Waals surface area contributed by atoms with Crippen LogP contribution in [-0.2, 0) is 5.41 Å².